The molecule has 4 rings (SSSR count). The molecule has 0 radical (unpaired) electrons. The van der Waals surface area contributed by atoms with Gasteiger partial charge in [0.1, 0.15) is 0 Å². The zero-order valence-corrected chi connectivity index (χ0v) is 15.1. The topological polar surface area (TPSA) is 76.7 Å². The molecule has 0 spiro atoms. The van der Waals surface area contributed by atoms with Gasteiger partial charge in [-0.3, -0.25) is 14.2 Å². The Labute approximate surface area is 156 Å². The van der Waals surface area contributed by atoms with Crippen molar-refractivity contribution in [2.75, 3.05) is 0 Å². The van der Waals surface area contributed by atoms with Crippen LogP contribution in [0.2, 0.25) is 0 Å². The van der Waals surface area contributed by atoms with E-state index in [0.29, 0.717) is 5.82 Å². The van der Waals surface area contributed by atoms with E-state index in [1.54, 1.807) is 0 Å². The Bertz CT molecular complexity index is 1090. The van der Waals surface area contributed by atoms with E-state index < -0.39 is 5.76 Å². The molecule has 0 aliphatic rings. The van der Waals surface area contributed by atoms with Crippen molar-refractivity contribution >= 4 is 0 Å². The number of H-pyrrole nitrogens is 1. The molecule has 2 aromatic carbocycles. The molecule has 0 aliphatic carbocycles. The maximum absolute atomic E-state index is 11.3. The van der Waals surface area contributed by atoms with Gasteiger partial charge in [0.15, 0.2) is 5.82 Å². The molecule has 2 aromatic heterocycles. The van der Waals surface area contributed by atoms with Gasteiger partial charge >= 0.3 is 5.76 Å². The van der Waals surface area contributed by atoms with Crippen molar-refractivity contribution in [3.05, 3.63) is 82.6 Å². The lowest BCUT2D eigenvalue weighted by atomic mass is 9.98. The summed E-state index contributed by atoms with van der Waals surface area (Å²) in [5.74, 6) is -0.127. The summed E-state index contributed by atoms with van der Waals surface area (Å²) in [6.45, 7) is 2.92. The van der Waals surface area contributed by atoms with Gasteiger partial charge in [0.25, 0.3) is 0 Å². The molecule has 0 fully saturated rings. The molecule has 0 amide bonds. The van der Waals surface area contributed by atoms with E-state index in [4.69, 9.17) is 0 Å². The SMILES string of the molecule is CCCc1ccnn1Cc1ccc(-c2ccccc2-c2noc(=O)[nH]2)cc1. The van der Waals surface area contributed by atoms with E-state index >= 15 is 0 Å². The van der Waals surface area contributed by atoms with Crippen LogP contribution in [0.3, 0.4) is 0 Å². The van der Waals surface area contributed by atoms with E-state index in [2.05, 4.69) is 57.0 Å². The highest BCUT2D eigenvalue weighted by Crippen LogP contribution is 2.29. The van der Waals surface area contributed by atoms with Gasteiger partial charge in [0.2, 0.25) is 0 Å². The number of hydrogen-bond acceptors (Lipinski definition) is 4. The molecule has 1 N–H and O–H groups in total. The van der Waals surface area contributed by atoms with Gasteiger partial charge in [-0.1, -0.05) is 67.0 Å². The summed E-state index contributed by atoms with van der Waals surface area (Å²) < 4.78 is 6.70. The minimum Gasteiger partial charge on any atom is -0.296 e. The monoisotopic (exact) mass is 360 g/mol. The molecule has 0 atom stereocenters. The fraction of sp³-hybridized carbons (Fsp3) is 0.190. The number of benzene rings is 2. The van der Waals surface area contributed by atoms with Crippen LogP contribution in [-0.4, -0.2) is 19.9 Å². The van der Waals surface area contributed by atoms with Crippen molar-refractivity contribution in [1.82, 2.24) is 19.9 Å². The van der Waals surface area contributed by atoms with Crippen LogP contribution < -0.4 is 5.76 Å². The summed E-state index contributed by atoms with van der Waals surface area (Å²) in [6.07, 6.45) is 3.99. The van der Waals surface area contributed by atoms with E-state index in [-0.39, 0.29) is 0 Å². The highest BCUT2D eigenvalue weighted by molar-refractivity contribution is 5.80. The Morgan fingerprint density at radius 1 is 1.04 bits per heavy atom. The van der Waals surface area contributed by atoms with Crippen molar-refractivity contribution in [2.45, 2.75) is 26.3 Å². The highest BCUT2D eigenvalue weighted by atomic mass is 16.5. The van der Waals surface area contributed by atoms with E-state index in [9.17, 15) is 4.79 Å². The van der Waals surface area contributed by atoms with Gasteiger partial charge in [-0.05, 0) is 29.2 Å². The Kier molecular flexibility index (Phi) is 4.70. The second-order valence-corrected chi connectivity index (χ2v) is 6.42. The van der Waals surface area contributed by atoms with Crippen molar-refractivity contribution in [2.24, 2.45) is 0 Å². The second kappa shape index (κ2) is 7.45. The third kappa shape index (κ3) is 3.60. The van der Waals surface area contributed by atoms with Crippen LogP contribution in [-0.2, 0) is 13.0 Å². The van der Waals surface area contributed by atoms with Gasteiger partial charge in [-0.25, -0.2) is 4.79 Å². The Morgan fingerprint density at radius 2 is 1.81 bits per heavy atom. The molecule has 6 heteroatoms. The van der Waals surface area contributed by atoms with Crippen molar-refractivity contribution in [1.29, 1.82) is 0 Å². The Balaban J connectivity index is 1.62. The normalized spacial score (nSPS) is 11.0. The summed E-state index contributed by atoms with van der Waals surface area (Å²) >= 11 is 0. The van der Waals surface area contributed by atoms with E-state index in [1.165, 1.54) is 11.3 Å². The average Bonchev–Trinajstić information content (AvgIpc) is 3.32. The first-order chi connectivity index (χ1) is 13.2. The predicted octanol–water partition coefficient (Wildman–Crippen LogP) is 3.89. The zero-order chi connectivity index (χ0) is 18.6. The lowest BCUT2D eigenvalue weighted by Gasteiger charge is -2.10. The number of aromatic amines is 1. The molecule has 0 saturated heterocycles. The van der Waals surface area contributed by atoms with Gasteiger partial charge in [-0.15, -0.1) is 0 Å². The predicted molar refractivity (Wildman–Crippen MR) is 103 cm³/mol. The van der Waals surface area contributed by atoms with Gasteiger partial charge in [0, 0.05) is 17.5 Å². The van der Waals surface area contributed by atoms with Gasteiger partial charge in [0.05, 0.1) is 6.54 Å². The number of aryl methyl sites for hydroxylation is 1. The van der Waals surface area contributed by atoms with Crippen LogP contribution in [0.4, 0.5) is 0 Å². The van der Waals surface area contributed by atoms with Crippen molar-refractivity contribution in [3.8, 4) is 22.5 Å². The fourth-order valence-electron chi connectivity index (χ4n) is 3.22. The van der Waals surface area contributed by atoms with Crippen LogP contribution in [0.25, 0.3) is 22.5 Å². The van der Waals surface area contributed by atoms with Crippen molar-refractivity contribution in [3.63, 3.8) is 0 Å². The summed E-state index contributed by atoms with van der Waals surface area (Å²) in [6, 6.07) is 18.2. The lowest BCUT2D eigenvalue weighted by molar-refractivity contribution is 0.388. The molecule has 0 saturated carbocycles. The minimum atomic E-state index is -0.558. The smallest absolute Gasteiger partial charge is 0.296 e. The molecule has 2 heterocycles. The van der Waals surface area contributed by atoms with Gasteiger partial charge < -0.3 is 0 Å². The van der Waals surface area contributed by atoms with Crippen LogP contribution in [0.15, 0.2) is 70.1 Å². The maximum atomic E-state index is 11.3. The molecule has 27 heavy (non-hydrogen) atoms. The summed E-state index contributed by atoms with van der Waals surface area (Å²) in [5, 5.41) is 8.24. The molecule has 136 valence electrons. The third-order valence-corrected chi connectivity index (χ3v) is 4.53. The number of nitrogens with zero attached hydrogens (tertiary/aromatic N) is 3. The minimum absolute atomic E-state index is 0.431. The zero-order valence-electron chi connectivity index (χ0n) is 15.1. The Hall–Kier alpha value is -3.41. The number of nitrogens with one attached hydrogen (secondary N) is 1. The number of hydrogen-bond donors (Lipinski definition) is 1. The van der Waals surface area contributed by atoms with E-state index in [0.717, 1.165) is 36.1 Å². The largest absolute Gasteiger partial charge is 0.439 e. The fourth-order valence-corrected chi connectivity index (χ4v) is 3.22. The van der Waals surface area contributed by atoms with Crippen LogP contribution >= 0.6 is 0 Å². The van der Waals surface area contributed by atoms with Crippen LogP contribution in [0.1, 0.15) is 24.6 Å². The van der Waals surface area contributed by atoms with Crippen LogP contribution in [0, 0.1) is 0 Å². The van der Waals surface area contributed by atoms with Crippen LogP contribution in [0.5, 0.6) is 0 Å². The lowest BCUT2D eigenvalue weighted by Crippen LogP contribution is -2.06. The third-order valence-electron chi connectivity index (χ3n) is 4.53. The summed E-state index contributed by atoms with van der Waals surface area (Å²) in [5.41, 5.74) is 5.30. The summed E-state index contributed by atoms with van der Waals surface area (Å²) in [7, 11) is 0. The highest BCUT2D eigenvalue weighted by Gasteiger charge is 2.11. The average molecular weight is 360 g/mol. The second-order valence-electron chi connectivity index (χ2n) is 6.42. The first-order valence-electron chi connectivity index (χ1n) is 9.00. The first kappa shape index (κ1) is 17.0. The van der Waals surface area contributed by atoms with E-state index in [1.807, 2.05) is 35.1 Å². The molecule has 0 unspecified atom stereocenters. The molecule has 0 aliphatic heterocycles. The Morgan fingerprint density at radius 3 is 2.52 bits per heavy atom. The molecule has 4 aromatic rings. The quantitative estimate of drug-likeness (QED) is 0.566. The molecule has 0 bridgehead atoms. The number of aromatic nitrogens is 4. The van der Waals surface area contributed by atoms with Gasteiger partial charge in [-0.2, -0.15) is 5.10 Å². The summed E-state index contributed by atoms with van der Waals surface area (Å²) in [4.78, 5) is 13.9. The first-order valence-corrected chi connectivity index (χ1v) is 9.00. The number of rotatable bonds is 6. The molecule has 6 nitrogen and oxygen atoms in total. The standard InChI is InChI=1S/C21H20N4O2/c1-2-5-17-12-13-22-25(17)14-15-8-10-16(11-9-15)18-6-3-4-7-19(18)20-23-21(26)27-24-20/h3-4,6-13H,2,5,14H2,1H3,(H,23,24,26). The van der Waals surface area contributed by atoms with Crippen molar-refractivity contribution < 1.29 is 4.52 Å². The molecular weight excluding hydrogens is 340 g/mol. The molecular formula is C21H20N4O2. The maximum Gasteiger partial charge on any atom is 0.439 e.